The van der Waals surface area contributed by atoms with Gasteiger partial charge in [0, 0.05) is 19.1 Å². The molecule has 0 saturated carbocycles. The van der Waals surface area contributed by atoms with E-state index < -0.39 is 11.7 Å². The van der Waals surface area contributed by atoms with Crippen LogP contribution in [0.3, 0.4) is 0 Å². The lowest BCUT2D eigenvalue weighted by Crippen LogP contribution is -2.30. The first-order valence-corrected chi connectivity index (χ1v) is 10.1. The Hall–Kier alpha value is -3.25. The van der Waals surface area contributed by atoms with Crippen molar-refractivity contribution in [1.29, 1.82) is 0 Å². The Kier molecular flexibility index (Phi) is 8.12. The lowest BCUT2D eigenvalue weighted by atomic mass is 9.95. The van der Waals surface area contributed by atoms with Gasteiger partial charge in [0.1, 0.15) is 22.9 Å². The van der Waals surface area contributed by atoms with Gasteiger partial charge in [0.05, 0.1) is 13.7 Å². The van der Waals surface area contributed by atoms with E-state index in [0.717, 1.165) is 11.1 Å². The van der Waals surface area contributed by atoms with E-state index in [1.807, 2.05) is 30.3 Å². The highest BCUT2D eigenvalue weighted by Crippen LogP contribution is 2.23. The van der Waals surface area contributed by atoms with Crippen LogP contribution in [0.5, 0.6) is 5.75 Å². The molecule has 0 radical (unpaired) electrons. The molecule has 0 aliphatic heterocycles. The summed E-state index contributed by atoms with van der Waals surface area (Å²) in [4.78, 5) is 12.6. The number of methoxy groups -OCH3 is 1. The second kappa shape index (κ2) is 11.2. The molecule has 1 unspecified atom stereocenters. The molecule has 0 aliphatic rings. The first-order valence-electron chi connectivity index (χ1n) is 10.1. The van der Waals surface area contributed by atoms with E-state index in [-0.39, 0.29) is 29.6 Å². The summed E-state index contributed by atoms with van der Waals surface area (Å²) in [5.41, 5.74) is 1.65. The molecule has 0 fully saturated rings. The standard InChI is InChI=1S/C25H25F2NO3/c1-30-23-12-6-11-22(27)24(23)25(29)28-16-20(19-9-5-10-21(26)15-19)13-14-31-17-18-7-3-2-4-8-18/h2-12,15,20H,13-14,16-17H2,1H3,(H,28,29). The number of carbonyl (C=O) groups is 1. The average Bonchev–Trinajstić information content (AvgIpc) is 2.78. The summed E-state index contributed by atoms with van der Waals surface area (Å²) in [6, 6.07) is 20.2. The molecule has 3 aromatic carbocycles. The normalized spacial score (nSPS) is 11.7. The molecular formula is C25H25F2NO3. The Balaban J connectivity index is 1.65. The van der Waals surface area contributed by atoms with Crippen molar-refractivity contribution in [3.8, 4) is 5.75 Å². The number of hydrogen-bond acceptors (Lipinski definition) is 3. The number of carbonyl (C=O) groups excluding carboxylic acids is 1. The predicted octanol–water partition coefficient (Wildman–Crippen LogP) is 5.09. The zero-order valence-corrected chi connectivity index (χ0v) is 17.3. The molecule has 3 aromatic rings. The molecule has 0 heterocycles. The third-order valence-electron chi connectivity index (χ3n) is 4.97. The predicted molar refractivity (Wildman–Crippen MR) is 115 cm³/mol. The van der Waals surface area contributed by atoms with Gasteiger partial charge in [-0.1, -0.05) is 48.5 Å². The number of ether oxygens (including phenoxy) is 2. The van der Waals surface area contributed by atoms with E-state index >= 15 is 0 Å². The minimum Gasteiger partial charge on any atom is -0.496 e. The van der Waals surface area contributed by atoms with Gasteiger partial charge in [-0.15, -0.1) is 0 Å². The van der Waals surface area contributed by atoms with E-state index in [4.69, 9.17) is 9.47 Å². The van der Waals surface area contributed by atoms with Crippen molar-refractivity contribution in [2.75, 3.05) is 20.3 Å². The smallest absolute Gasteiger partial charge is 0.258 e. The van der Waals surface area contributed by atoms with Crippen molar-refractivity contribution in [2.24, 2.45) is 0 Å². The van der Waals surface area contributed by atoms with Crippen LogP contribution in [-0.4, -0.2) is 26.2 Å². The number of amides is 1. The summed E-state index contributed by atoms with van der Waals surface area (Å²) >= 11 is 0. The molecule has 31 heavy (non-hydrogen) atoms. The molecule has 4 nitrogen and oxygen atoms in total. The monoisotopic (exact) mass is 425 g/mol. The highest BCUT2D eigenvalue weighted by Gasteiger charge is 2.20. The maximum Gasteiger partial charge on any atom is 0.258 e. The second-order valence-corrected chi connectivity index (χ2v) is 7.11. The fourth-order valence-corrected chi connectivity index (χ4v) is 3.34. The Morgan fingerprint density at radius 3 is 2.52 bits per heavy atom. The van der Waals surface area contributed by atoms with Crippen LogP contribution >= 0.6 is 0 Å². The number of hydrogen-bond donors (Lipinski definition) is 1. The molecule has 6 heteroatoms. The molecule has 0 aromatic heterocycles. The van der Waals surface area contributed by atoms with Gasteiger partial charge < -0.3 is 14.8 Å². The maximum absolute atomic E-state index is 14.2. The van der Waals surface area contributed by atoms with Crippen molar-refractivity contribution < 1.29 is 23.0 Å². The third-order valence-corrected chi connectivity index (χ3v) is 4.97. The molecule has 0 aliphatic carbocycles. The van der Waals surface area contributed by atoms with Crippen molar-refractivity contribution in [2.45, 2.75) is 18.9 Å². The van der Waals surface area contributed by atoms with Gasteiger partial charge in [-0.25, -0.2) is 8.78 Å². The highest BCUT2D eigenvalue weighted by molar-refractivity contribution is 5.97. The first kappa shape index (κ1) is 22.4. The van der Waals surface area contributed by atoms with Gasteiger partial charge in [-0.3, -0.25) is 4.79 Å². The molecule has 3 rings (SSSR count). The van der Waals surface area contributed by atoms with Crippen molar-refractivity contribution in [1.82, 2.24) is 5.32 Å². The molecule has 0 saturated heterocycles. The minimum atomic E-state index is -0.662. The van der Waals surface area contributed by atoms with Gasteiger partial charge in [-0.05, 0) is 41.8 Å². The van der Waals surface area contributed by atoms with Gasteiger partial charge in [0.15, 0.2) is 0 Å². The summed E-state index contributed by atoms with van der Waals surface area (Å²) in [5.74, 6) is -1.64. The van der Waals surface area contributed by atoms with E-state index in [9.17, 15) is 13.6 Å². The maximum atomic E-state index is 14.2. The van der Waals surface area contributed by atoms with E-state index in [1.54, 1.807) is 12.1 Å². The van der Waals surface area contributed by atoms with E-state index in [0.29, 0.717) is 19.6 Å². The van der Waals surface area contributed by atoms with Crippen LogP contribution in [0.2, 0.25) is 0 Å². The van der Waals surface area contributed by atoms with Crippen LogP contribution in [0.15, 0.2) is 72.8 Å². The largest absolute Gasteiger partial charge is 0.496 e. The van der Waals surface area contributed by atoms with Gasteiger partial charge in [-0.2, -0.15) is 0 Å². The zero-order chi connectivity index (χ0) is 22.1. The summed E-state index contributed by atoms with van der Waals surface area (Å²) in [6.07, 6.45) is 0.560. The molecule has 1 atom stereocenters. The summed E-state index contributed by atoms with van der Waals surface area (Å²) < 4.78 is 38.8. The summed E-state index contributed by atoms with van der Waals surface area (Å²) in [5, 5.41) is 2.75. The van der Waals surface area contributed by atoms with Crippen LogP contribution in [0.25, 0.3) is 0 Å². The van der Waals surface area contributed by atoms with Crippen LogP contribution < -0.4 is 10.1 Å². The molecule has 1 N–H and O–H groups in total. The SMILES string of the molecule is COc1cccc(F)c1C(=O)NCC(CCOCc1ccccc1)c1cccc(F)c1. The lowest BCUT2D eigenvalue weighted by Gasteiger charge is -2.19. The fourth-order valence-electron chi connectivity index (χ4n) is 3.34. The van der Waals surface area contributed by atoms with Crippen molar-refractivity contribution in [3.05, 3.63) is 101 Å². The third kappa shape index (κ3) is 6.36. The first-order chi connectivity index (χ1) is 15.1. The summed E-state index contributed by atoms with van der Waals surface area (Å²) in [6.45, 7) is 1.10. The molecule has 0 bridgehead atoms. The Morgan fingerprint density at radius 2 is 1.77 bits per heavy atom. The second-order valence-electron chi connectivity index (χ2n) is 7.11. The molecular weight excluding hydrogens is 400 g/mol. The van der Waals surface area contributed by atoms with E-state index in [2.05, 4.69) is 5.32 Å². The molecule has 162 valence electrons. The van der Waals surface area contributed by atoms with Gasteiger partial charge in [0.25, 0.3) is 5.91 Å². The van der Waals surface area contributed by atoms with Crippen LogP contribution in [0.1, 0.15) is 33.8 Å². The van der Waals surface area contributed by atoms with Crippen LogP contribution in [0.4, 0.5) is 8.78 Å². The van der Waals surface area contributed by atoms with E-state index in [1.165, 1.54) is 37.4 Å². The average molecular weight is 425 g/mol. The lowest BCUT2D eigenvalue weighted by molar-refractivity contribution is 0.0932. The number of nitrogens with one attached hydrogen (secondary N) is 1. The quantitative estimate of drug-likeness (QED) is 0.460. The minimum absolute atomic E-state index is 0.150. The van der Waals surface area contributed by atoms with Crippen molar-refractivity contribution >= 4 is 5.91 Å². The zero-order valence-electron chi connectivity index (χ0n) is 17.3. The fraction of sp³-hybridized carbons (Fsp3) is 0.240. The Bertz CT molecular complexity index is 995. The van der Waals surface area contributed by atoms with Crippen LogP contribution in [-0.2, 0) is 11.3 Å². The number of halogens is 2. The Morgan fingerprint density at radius 1 is 1.00 bits per heavy atom. The number of rotatable bonds is 10. The van der Waals surface area contributed by atoms with Crippen molar-refractivity contribution in [3.63, 3.8) is 0 Å². The van der Waals surface area contributed by atoms with Crippen LogP contribution in [0, 0.1) is 11.6 Å². The summed E-state index contributed by atoms with van der Waals surface area (Å²) in [7, 11) is 1.38. The van der Waals surface area contributed by atoms with Gasteiger partial charge >= 0.3 is 0 Å². The number of benzene rings is 3. The van der Waals surface area contributed by atoms with Gasteiger partial charge in [0.2, 0.25) is 0 Å². The Labute approximate surface area is 180 Å². The topological polar surface area (TPSA) is 47.6 Å². The molecule has 0 spiro atoms. The molecule has 1 amide bonds. The highest BCUT2D eigenvalue weighted by atomic mass is 19.1.